The summed E-state index contributed by atoms with van der Waals surface area (Å²) >= 11 is 5.60. The van der Waals surface area contributed by atoms with E-state index >= 15 is 8.78 Å². The Kier molecular flexibility index (Phi) is 9.05. The van der Waals surface area contributed by atoms with Crippen molar-refractivity contribution in [1.29, 1.82) is 0 Å². The number of anilines is 1. The number of halogens is 4. The fraction of sp³-hybridized carbons (Fsp3) is 0.407. The van der Waals surface area contributed by atoms with Gasteiger partial charge in [-0.15, -0.1) is 0 Å². The molecular formula is C27H29F4N6O6PS. The maximum atomic E-state index is 15.6. The summed E-state index contributed by atoms with van der Waals surface area (Å²) in [5.74, 6) is -5.08. The SMILES string of the molecule is CC(C)OC(=O)C(C)NP(=S)(OCC1(C(F)F)OC(n2cnc3c(N)ncnc32)C(F)(F)C1O)Oc1ccc2ccccc2c1. The van der Waals surface area contributed by atoms with E-state index in [-0.39, 0.29) is 22.7 Å². The number of carbonyl (C=O) groups is 1. The second kappa shape index (κ2) is 12.4. The molecule has 0 saturated carbocycles. The minimum absolute atomic E-state index is 0.0806. The number of alkyl halides is 4. The molecule has 1 aliphatic rings. The van der Waals surface area contributed by atoms with Gasteiger partial charge in [-0.1, -0.05) is 30.3 Å². The zero-order valence-corrected chi connectivity index (χ0v) is 25.7. The first-order valence-electron chi connectivity index (χ1n) is 13.5. The van der Waals surface area contributed by atoms with Gasteiger partial charge in [-0.3, -0.25) is 9.36 Å². The number of ether oxygens (including phenoxy) is 2. The smallest absolute Gasteiger partial charge is 0.323 e. The second-order valence-electron chi connectivity index (χ2n) is 10.6. The zero-order chi connectivity index (χ0) is 32.7. The maximum absolute atomic E-state index is 15.6. The number of esters is 1. The van der Waals surface area contributed by atoms with Gasteiger partial charge in [0.1, 0.15) is 23.6 Å². The number of fused-ring (bicyclic) bond motifs is 2. The lowest BCUT2D eigenvalue weighted by molar-refractivity contribution is -0.191. The van der Waals surface area contributed by atoms with E-state index in [4.69, 9.17) is 36.1 Å². The van der Waals surface area contributed by atoms with E-state index in [1.807, 2.05) is 12.1 Å². The molecule has 1 saturated heterocycles. The van der Waals surface area contributed by atoms with Crippen molar-refractivity contribution in [2.75, 3.05) is 12.3 Å². The first-order chi connectivity index (χ1) is 21.2. The number of nitrogens with two attached hydrogens (primary N) is 1. The molecule has 1 aliphatic heterocycles. The van der Waals surface area contributed by atoms with Crippen LogP contribution in [-0.2, 0) is 30.6 Å². The standard InChI is InChI=1S/C27H29F4N6O6PS/c1-14(2)41-22(38)15(3)36-44(45,43-18-9-8-16-6-4-5-7-17(16)10-18)40-11-26(24(28)29)23(39)27(30,31)25(42-26)37-13-35-19-20(32)33-12-34-21(19)37/h4-10,12-15,23-25,39H,11H2,1-3H3,(H,36,45)(H2,32,33,34). The molecule has 0 bridgehead atoms. The third-order valence-electron chi connectivity index (χ3n) is 6.96. The predicted octanol–water partition coefficient (Wildman–Crippen LogP) is 4.34. The quantitative estimate of drug-likeness (QED) is 0.118. The third kappa shape index (κ3) is 6.33. The summed E-state index contributed by atoms with van der Waals surface area (Å²) in [6, 6.07) is 10.9. The highest BCUT2D eigenvalue weighted by atomic mass is 32.5. The highest BCUT2D eigenvalue weighted by molar-refractivity contribution is 8.09. The van der Waals surface area contributed by atoms with Gasteiger partial charge in [-0.25, -0.2) is 28.8 Å². The van der Waals surface area contributed by atoms with E-state index < -0.39 is 61.6 Å². The minimum Gasteiger partial charge on any atom is -0.462 e. The van der Waals surface area contributed by atoms with Crippen LogP contribution in [0, 0.1) is 0 Å². The molecule has 5 atom stereocenters. The Morgan fingerprint density at radius 3 is 2.58 bits per heavy atom. The topological polar surface area (TPSA) is 156 Å². The Labute approximate surface area is 259 Å². The van der Waals surface area contributed by atoms with Gasteiger partial charge in [0, 0.05) is 0 Å². The first-order valence-corrected chi connectivity index (χ1v) is 16.2. The van der Waals surface area contributed by atoms with Crippen LogP contribution >= 0.6 is 6.64 Å². The van der Waals surface area contributed by atoms with Crippen LogP contribution < -0.4 is 15.3 Å². The maximum Gasteiger partial charge on any atom is 0.323 e. The highest BCUT2D eigenvalue weighted by Gasteiger charge is 2.71. The van der Waals surface area contributed by atoms with Gasteiger partial charge < -0.3 is 29.4 Å². The molecular weight excluding hydrogens is 643 g/mol. The molecule has 3 heterocycles. The lowest BCUT2D eigenvalue weighted by atomic mass is 9.96. The Morgan fingerprint density at radius 2 is 1.89 bits per heavy atom. The summed E-state index contributed by atoms with van der Waals surface area (Å²) in [5.41, 5.74) is 2.10. The summed E-state index contributed by atoms with van der Waals surface area (Å²) in [7, 11) is 0. The van der Waals surface area contributed by atoms with Crippen molar-refractivity contribution in [3.8, 4) is 5.75 Å². The Morgan fingerprint density at radius 1 is 1.18 bits per heavy atom. The Bertz CT molecular complexity index is 1770. The van der Waals surface area contributed by atoms with Crippen LogP contribution in [0.15, 0.2) is 55.1 Å². The number of hydrogen-bond donors (Lipinski definition) is 3. The van der Waals surface area contributed by atoms with Crippen molar-refractivity contribution in [1.82, 2.24) is 24.6 Å². The predicted molar refractivity (Wildman–Crippen MR) is 158 cm³/mol. The zero-order valence-electron chi connectivity index (χ0n) is 24.0. The van der Waals surface area contributed by atoms with Gasteiger partial charge in [-0.2, -0.15) is 8.78 Å². The highest BCUT2D eigenvalue weighted by Crippen LogP contribution is 2.54. The van der Waals surface area contributed by atoms with Gasteiger partial charge in [0.05, 0.1) is 19.0 Å². The largest absolute Gasteiger partial charge is 0.462 e. The fourth-order valence-electron chi connectivity index (χ4n) is 4.71. The van der Waals surface area contributed by atoms with Crippen molar-refractivity contribution in [2.24, 2.45) is 0 Å². The average molecular weight is 673 g/mol. The van der Waals surface area contributed by atoms with Gasteiger partial charge in [0.2, 0.25) is 6.23 Å². The molecule has 2 aromatic carbocycles. The van der Waals surface area contributed by atoms with Crippen molar-refractivity contribution in [2.45, 2.75) is 63.2 Å². The number of hydrogen-bond acceptors (Lipinski definition) is 11. The number of rotatable bonds is 11. The van der Waals surface area contributed by atoms with Crippen LogP contribution in [0.5, 0.6) is 5.75 Å². The summed E-state index contributed by atoms with van der Waals surface area (Å²) in [4.78, 5) is 24.1. The number of aromatic nitrogens is 4. The summed E-state index contributed by atoms with van der Waals surface area (Å²) < 4.78 is 83.5. The lowest BCUT2D eigenvalue weighted by Crippen LogP contribution is -2.54. The van der Waals surface area contributed by atoms with Crippen LogP contribution in [-0.4, -0.2) is 73.4 Å². The molecule has 5 rings (SSSR count). The number of aliphatic hydroxyl groups excluding tert-OH is 1. The normalized spacial score (nSPS) is 23.4. The Balaban J connectivity index is 1.48. The first kappa shape index (κ1) is 32.9. The second-order valence-corrected chi connectivity index (χ2v) is 13.7. The average Bonchev–Trinajstić information content (AvgIpc) is 3.49. The van der Waals surface area contributed by atoms with Crippen LogP contribution in [0.1, 0.15) is 27.0 Å². The number of imidazole rings is 1. The fourth-order valence-corrected chi connectivity index (χ4v) is 7.12. The van der Waals surface area contributed by atoms with Gasteiger partial charge in [0.15, 0.2) is 23.2 Å². The number of carbonyl (C=O) groups excluding carboxylic acids is 1. The molecule has 45 heavy (non-hydrogen) atoms. The molecule has 0 radical (unpaired) electrons. The number of nitrogens with one attached hydrogen (secondary N) is 1. The van der Waals surface area contributed by atoms with E-state index in [0.29, 0.717) is 4.57 Å². The lowest BCUT2D eigenvalue weighted by Gasteiger charge is -2.34. The summed E-state index contributed by atoms with van der Waals surface area (Å²) in [6.45, 7) is -0.795. The van der Waals surface area contributed by atoms with Crippen LogP contribution in [0.25, 0.3) is 21.9 Å². The van der Waals surface area contributed by atoms with E-state index in [9.17, 15) is 18.7 Å². The molecule has 18 heteroatoms. The third-order valence-corrected chi connectivity index (χ3v) is 9.44. The van der Waals surface area contributed by atoms with Crippen molar-refractivity contribution < 1.29 is 46.0 Å². The van der Waals surface area contributed by atoms with Crippen molar-refractivity contribution in [3.05, 3.63) is 55.1 Å². The molecule has 4 N–H and O–H groups in total. The van der Waals surface area contributed by atoms with Crippen LogP contribution in [0.4, 0.5) is 23.4 Å². The van der Waals surface area contributed by atoms with Gasteiger partial charge in [-0.05, 0) is 55.5 Å². The van der Waals surface area contributed by atoms with Crippen LogP contribution in [0.2, 0.25) is 0 Å². The van der Waals surface area contributed by atoms with E-state index in [1.165, 1.54) is 13.0 Å². The molecule has 5 unspecified atom stereocenters. The molecule has 242 valence electrons. The summed E-state index contributed by atoms with van der Waals surface area (Å²) in [6.07, 6.45) is -7.98. The van der Waals surface area contributed by atoms with Crippen molar-refractivity contribution >= 4 is 52.2 Å². The molecule has 0 amide bonds. The van der Waals surface area contributed by atoms with Crippen LogP contribution in [0.3, 0.4) is 0 Å². The minimum atomic E-state index is -4.31. The Hall–Kier alpha value is -3.47. The van der Waals surface area contributed by atoms with Gasteiger partial charge >= 0.3 is 18.5 Å². The van der Waals surface area contributed by atoms with E-state index in [2.05, 4.69) is 20.0 Å². The monoisotopic (exact) mass is 672 g/mol. The van der Waals surface area contributed by atoms with E-state index in [1.54, 1.807) is 38.1 Å². The summed E-state index contributed by atoms with van der Waals surface area (Å²) in [5, 5.41) is 15.0. The molecule has 12 nitrogen and oxygen atoms in total. The molecule has 1 fully saturated rings. The van der Waals surface area contributed by atoms with Gasteiger partial charge in [0.25, 0.3) is 6.43 Å². The molecule has 4 aromatic rings. The molecule has 0 spiro atoms. The van der Waals surface area contributed by atoms with E-state index in [0.717, 1.165) is 23.4 Å². The number of nitrogens with zero attached hydrogens (tertiary/aromatic N) is 4. The molecule has 0 aliphatic carbocycles. The molecule has 2 aromatic heterocycles. The number of benzene rings is 2. The number of aliphatic hydroxyl groups is 1. The van der Waals surface area contributed by atoms with Crippen molar-refractivity contribution in [3.63, 3.8) is 0 Å². The number of nitrogen functional groups attached to an aromatic ring is 1.